The monoisotopic (exact) mass is 239 g/mol. The van der Waals surface area contributed by atoms with Crippen LogP contribution in [-0.2, 0) is 4.79 Å². The van der Waals surface area contributed by atoms with E-state index in [-0.39, 0.29) is 17.9 Å². The van der Waals surface area contributed by atoms with E-state index in [0.29, 0.717) is 23.7 Å². The zero-order valence-electron chi connectivity index (χ0n) is 9.67. The van der Waals surface area contributed by atoms with Crippen LogP contribution < -0.4 is 0 Å². The zero-order valence-corrected chi connectivity index (χ0v) is 9.67. The van der Waals surface area contributed by atoms with Gasteiger partial charge in [0.1, 0.15) is 0 Å². The van der Waals surface area contributed by atoms with Gasteiger partial charge in [0.05, 0.1) is 11.8 Å². The molecule has 0 aromatic rings. The van der Waals surface area contributed by atoms with E-state index in [1.54, 1.807) is 0 Å². The topological polar surface area (TPSA) is 80.4 Å². The first kappa shape index (κ1) is 11.0. The molecule has 3 aliphatic rings. The number of fused-ring (bicyclic) bond motifs is 1. The molecule has 0 aromatic heterocycles. The highest BCUT2D eigenvalue weighted by Gasteiger charge is 2.68. The lowest BCUT2D eigenvalue weighted by atomic mass is 9.45. The molecule has 3 fully saturated rings. The first-order valence-corrected chi connectivity index (χ1v) is 6.36. The van der Waals surface area contributed by atoms with Crippen molar-refractivity contribution in [3.8, 4) is 0 Å². The summed E-state index contributed by atoms with van der Waals surface area (Å²) in [5.41, 5.74) is -0.523. The summed E-state index contributed by atoms with van der Waals surface area (Å²) in [7, 11) is 0. The van der Waals surface area contributed by atoms with Gasteiger partial charge in [0.2, 0.25) is 6.54 Å². The molecule has 5 heteroatoms. The SMILES string of the molecule is O=C(O)CC1(C[N+](=O)[O-])C2CC[C@@H]3C[C@H]2[C@H]1C3. The lowest BCUT2D eigenvalue weighted by molar-refractivity contribution is -0.511. The third kappa shape index (κ3) is 1.40. The maximum Gasteiger partial charge on any atom is 0.304 e. The summed E-state index contributed by atoms with van der Waals surface area (Å²) in [6.45, 7) is -0.141. The Balaban J connectivity index is 1.89. The number of carbonyl (C=O) groups is 1. The summed E-state index contributed by atoms with van der Waals surface area (Å²) in [6.07, 6.45) is 4.37. The summed E-state index contributed by atoms with van der Waals surface area (Å²) in [5.74, 6) is 1.03. The number of carboxylic acids is 1. The molecule has 0 spiro atoms. The molecule has 94 valence electrons. The van der Waals surface area contributed by atoms with Crippen LogP contribution in [0.3, 0.4) is 0 Å². The second-order valence-corrected chi connectivity index (χ2v) is 6.09. The van der Waals surface area contributed by atoms with E-state index in [2.05, 4.69) is 0 Å². The van der Waals surface area contributed by atoms with Crippen molar-refractivity contribution in [2.45, 2.75) is 32.1 Å². The van der Waals surface area contributed by atoms with Crippen LogP contribution in [-0.4, -0.2) is 22.5 Å². The molecule has 5 atom stereocenters. The minimum atomic E-state index is -0.874. The highest BCUT2D eigenvalue weighted by atomic mass is 16.6. The predicted octanol–water partition coefficient (Wildman–Crippen LogP) is 1.79. The molecule has 0 aromatic carbocycles. The standard InChI is InChI=1S/C12H17NO4/c14-11(15)5-12(6-13(16)17)9-2-1-7-3-8(9)10(12)4-7/h7-10H,1-6H2,(H,14,15)/t7-,8-,9?,10-,12?/m1/s1. The largest absolute Gasteiger partial charge is 0.481 e. The average Bonchev–Trinajstić information content (AvgIpc) is 2.41. The fourth-order valence-corrected chi connectivity index (χ4v) is 5.09. The quantitative estimate of drug-likeness (QED) is 0.599. The number of aliphatic carboxylic acids is 1. The number of hydrogen-bond acceptors (Lipinski definition) is 3. The molecule has 0 aliphatic heterocycles. The van der Waals surface area contributed by atoms with Gasteiger partial charge in [-0.05, 0) is 42.9 Å². The number of nitrogens with zero attached hydrogens (tertiary/aromatic N) is 1. The van der Waals surface area contributed by atoms with Crippen LogP contribution in [0.5, 0.6) is 0 Å². The van der Waals surface area contributed by atoms with Gasteiger partial charge in [-0.25, -0.2) is 0 Å². The summed E-state index contributed by atoms with van der Waals surface area (Å²) in [5, 5.41) is 19.9. The molecule has 0 heterocycles. The molecule has 3 aliphatic carbocycles. The molecular formula is C12H17NO4. The van der Waals surface area contributed by atoms with Gasteiger partial charge < -0.3 is 5.11 Å². The summed E-state index contributed by atoms with van der Waals surface area (Å²) in [6, 6.07) is 0. The second-order valence-electron chi connectivity index (χ2n) is 6.09. The van der Waals surface area contributed by atoms with Crippen LogP contribution >= 0.6 is 0 Å². The molecule has 0 radical (unpaired) electrons. The minimum absolute atomic E-state index is 0.00741. The van der Waals surface area contributed by atoms with Crippen LogP contribution in [0.4, 0.5) is 0 Å². The average molecular weight is 239 g/mol. The Morgan fingerprint density at radius 1 is 1.35 bits per heavy atom. The molecule has 5 nitrogen and oxygen atoms in total. The van der Waals surface area contributed by atoms with E-state index in [1.807, 2.05) is 0 Å². The van der Waals surface area contributed by atoms with E-state index in [0.717, 1.165) is 19.3 Å². The molecule has 3 saturated carbocycles. The maximum absolute atomic E-state index is 11.0. The van der Waals surface area contributed by atoms with E-state index >= 15 is 0 Å². The lowest BCUT2D eigenvalue weighted by Gasteiger charge is -2.57. The third-order valence-corrected chi connectivity index (χ3v) is 5.49. The Bertz CT molecular complexity index is 357. The fourth-order valence-electron chi connectivity index (χ4n) is 5.09. The molecule has 0 saturated heterocycles. The fraction of sp³-hybridized carbons (Fsp3) is 0.917. The van der Waals surface area contributed by atoms with Crippen molar-refractivity contribution in [2.75, 3.05) is 6.54 Å². The van der Waals surface area contributed by atoms with E-state index < -0.39 is 11.4 Å². The van der Waals surface area contributed by atoms with Crippen LogP contribution in [0.25, 0.3) is 0 Å². The highest BCUT2D eigenvalue weighted by Crippen LogP contribution is 2.70. The highest BCUT2D eigenvalue weighted by molar-refractivity contribution is 5.68. The zero-order chi connectivity index (χ0) is 12.2. The van der Waals surface area contributed by atoms with Crippen molar-refractivity contribution in [1.29, 1.82) is 0 Å². The van der Waals surface area contributed by atoms with Crippen LogP contribution in [0, 0.1) is 39.2 Å². The number of hydrogen-bond donors (Lipinski definition) is 1. The van der Waals surface area contributed by atoms with Crippen molar-refractivity contribution in [3.05, 3.63) is 10.1 Å². The lowest BCUT2D eigenvalue weighted by Crippen LogP contribution is -2.58. The van der Waals surface area contributed by atoms with Gasteiger partial charge in [-0.1, -0.05) is 6.42 Å². The van der Waals surface area contributed by atoms with Crippen molar-refractivity contribution in [3.63, 3.8) is 0 Å². The van der Waals surface area contributed by atoms with Crippen molar-refractivity contribution < 1.29 is 14.8 Å². The molecule has 3 rings (SSSR count). The van der Waals surface area contributed by atoms with E-state index in [1.165, 1.54) is 6.42 Å². The molecular weight excluding hydrogens is 222 g/mol. The third-order valence-electron chi connectivity index (χ3n) is 5.49. The maximum atomic E-state index is 11.0. The van der Waals surface area contributed by atoms with Gasteiger partial charge in [-0.2, -0.15) is 0 Å². The number of carboxylic acid groups (broad SMARTS) is 1. The second kappa shape index (κ2) is 3.43. The van der Waals surface area contributed by atoms with Gasteiger partial charge in [0.25, 0.3) is 0 Å². The number of nitro groups is 1. The van der Waals surface area contributed by atoms with Gasteiger partial charge >= 0.3 is 5.97 Å². The Hall–Kier alpha value is -1.13. The van der Waals surface area contributed by atoms with Crippen molar-refractivity contribution in [1.82, 2.24) is 0 Å². The van der Waals surface area contributed by atoms with Gasteiger partial charge in [0, 0.05) is 4.92 Å². The first-order valence-electron chi connectivity index (χ1n) is 6.36. The molecule has 2 bridgehead atoms. The predicted molar refractivity (Wildman–Crippen MR) is 59.0 cm³/mol. The Morgan fingerprint density at radius 3 is 2.76 bits per heavy atom. The Labute approximate surface area is 99.3 Å². The molecule has 2 unspecified atom stereocenters. The van der Waals surface area contributed by atoms with Gasteiger partial charge in [-0.15, -0.1) is 0 Å². The summed E-state index contributed by atoms with van der Waals surface area (Å²) in [4.78, 5) is 21.6. The summed E-state index contributed by atoms with van der Waals surface area (Å²) >= 11 is 0. The first-order chi connectivity index (χ1) is 8.03. The smallest absolute Gasteiger partial charge is 0.304 e. The molecule has 1 N–H and O–H groups in total. The normalized spacial score (nSPS) is 46.4. The van der Waals surface area contributed by atoms with Crippen molar-refractivity contribution in [2.24, 2.45) is 29.1 Å². The van der Waals surface area contributed by atoms with Gasteiger partial charge in [0.15, 0.2) is 0 Å². The van der Waals surface area contributed by atoms with Gasteiger partial charge in [-0.3, -0.25) is 14.9 Å². The van der Waals surface area contributed by atoms with Crippen LogP contribution in [0.1, 0.15) is 32.1 Å². The van der Waals surface area contributed by atoms with Crippen LogP contribution in [0.15, 0.2) is 0 Å². The molecule has 0 amide bonds. The minimum Gasteiger partial charge on any atom is -0.481 e. The van der Waals surface area contributed by atoms with E-state index in [4.69, 9.17) is 5.11 Å². The van der Waals surface area contributed by atoms with E-state index in [9.17, 15) is 14.9 Å². The van der Waals surface area contributed by atoms with Crippen LogP contribution in [0.2, 0.25) is 0 Å². The number of rotatable bonds is 4. The Morgan fingerprint density at radius 2 is 2.12 bits per heavy atom. The van der Waals surface area contributed by atoms with Crippen molar-refractivity contribution >= 4 is 5.97 Å². The summed E-state index contributed by atoms with van der Waals surface area (Å²) < 4.78 is 0. The molecule has 17 heavy (non-hydrogen) atoms. The Kier molecular flexibility index (Phi) is 2.22.